The first-order chi connectivity index (χ1) is 16.5. The number of Topliss-reactive ketones (excluding diaryl/α,β-unsaturated/α-hetero) is 1. The molecule has 0 unspecified atom stereocenters. The average Bonchev–Trinajstić information content (AvgIpc) is 3.35. The summed E-state index contributed by atoms with van der Waals surface area (Å²) in [7, 11) is 0. The second-order valence-electron chi connectivity index (χ2n) is 13.0. The fourth-order valence-electron chi connectivity index (χ4n) is 9.33. The van der Waals surface area contributed by atoms with Gasteiger partial charge in [0, 0.05) is 18.1 Å². The Hall–Kier alpha value is -1.89. The Bertz CT molecular complexity index is 1180. The monoisotopic (exact) mass is 485 g/mol. The van der Waals surface area contributed by atoms with E-state index in [4.69, 9.17) is 0 Å². The highest BCUT2D eigenvalue weighted by atomic mass is 19.1. The fourth-order valence-corrected chi connectivity index (χ4v) is 9.33. The Kier molecular flexibility index (Phi) is 5.24. The van der Waals surface area contributed by atoms with Gasteiger partial charge >= 0.3 is 0 Å². The molecule has 1 aromatic heterocycles. The number of ketones is 1. The van der Waals surface area contributed by atoms with Gasteiger partial charge in [-0.05, 0) is 99.2 Å². The zero-order valence-electron chi connectivity index (χ0n) is 21.1. The number of hydrogen-bond acceptors (Lipinski definition) is 4. The van der Waals surface area contributed by atoms with Crippen molar-refractivity contribution in [3.05, 3.63) is 23.8 Å². The van der Waals surface area contributed by atoms with Gasteiger partial charge < -0.3 is 5.11 Å². The number of halogens is 2. The Balaban J connectivity index is 1.22. The molecule has 190 valence electrons. The number of fused-ring (bicyclic) bond motifs is 6. The summed E-state index contributed by atoms with van der Waals surface area (Å²) in [4.78, 5) is 13.6. The van der Waals surface area contributed by atoms with Gasteiger partial charge in [-0.25, -0.2) is 13.5 Å². The van der Waals surface area contributed by atoms with Crippen LogP contribution in [0, 0.1) is 52.1 Å². The molecule has 4 aliphatic carbocycles. The zero-order valence-corrected chi connectivity index (χ0v) is 21.1. The maximum atomic E-state index is 14.1. The fraction of sp³-hybridized carbons (Fsp3) is 0.750. The van der Waals surface area contributed by atoms with Gasteiger partial charge in [0.2, 0.25) is 0 Å². The molecular formula is C28H37F2N3O2. The van der Waals surface area contributed by atoms with Crippen molar-refractivity contribution >= 4 is 16.8 Å². The minimum Gasteiger partial charge on any atom is -0.390 e. The SMILES string of the molecule is C[C@@]1(O)CC[C@@]2(C)[C@H](CC[C@@H]3[C@@H]2CC[C@]2(C)[C@@H](C(=O)Cn4nnc5c(F)cc(F)cc54)CC[C@@H]32)C1. The minimum atomic E-state index is -0.752. The summed E-state index contributed by atoms with van der Waals surface area (Å²) >= 11 is 0. The Morgan fingerprint density at radius 3 is 2.60 bits per heavy atom. The van der Waals surface area contributed by atoms with E-state index in [1.165, 1.54) is 23.6 Å². The van der Waals surface area contributed by atoms with Crippen LogP contribution in [0.15, 0.2) is 12.1 Å². The summed E-state index contributed by atoms with van der Waals surface area (Å²) < 4.78 is 29.3. The van der Waals surface area contributed by atoms with Crippen LogP contribution in [-0.4, -0.2) is 31.5 Å². The van der Waals surface area contributed by atoms with Gasteiger partial charge in [0.25, 0.3) is 0 Å². The van der Waals surface area contributed by atoms with E-state index >= 15 is 0 Å². The van der Waals surface area contributed by atoms with E-state index in [1.54, 1.807) is 0 Å². The quantitative estimate of drug-likeness (QED) is 0.607. The molecule has 4 saturated carbocycles. The molecule has 0 saturated heterocycles. The lowest BCUT2D eigenvalue weighted by molar-refractivity contribution is -0.151. The predicted molar refractivity (Wildman–Crippen MR) is 128 cm³/mol. The summed E-state index contributed by atoms with van der Waals surface area (Å²) in [6.45, 7) is 6.82. The van der Waals surface area contributed by atoms with Crippen LogP contribution in [-0.2, 0) is 11.3 Å². The smallest absolute Gasteiger partial charge is 0.157 e. The first-order valence-electron chi connectivity index (χ1n) is 13.5. The highest BCUT2D eigenvalue weighted by Gasteiger charge is 2.61. The van der Waals surface area contributed by atoms with Gasteiger partial charge in [-0.3, -0.25) is 4.79 Å². The molecule has 4 aliphatic rings. The molecule has 2 aromatic rings. The normalized spacial score (nSPS) is 43.0. The van der Waals surface area contributed by atoms with Crippen LogP contribution in [0.5, 0.6) is 0 Å². The maximum absolute atomic E-state index is 14.1. The van der Waals surface area contributed by atoms with Crippen molar-refractivity contribution in [1.29, 1.82) is 0 Å². The molecule has 1 aromatic carbocycles. The molecule has 7 heteroatoms. The largest absolute Gasteiger partial charge is 0.390 e. The second kappa shape index (κ2) is 7.80. The molecule has 0 radical (unpaired) electrons. The molecule has 4 fully saturated rings. The predicted octanol–water partition coefficient (Wildman–Crippen LogP) is 5.69. The number of benzene rings is 1. The van der Waals surface area contributed by atoms with Crippen LogP contribution in [0.1, 0.15) is 78.6 Å². The number of nitrogens with zero attached hydrogens (tertiary/aromatic N) is 3. The third-order valence-corrected chi connectivity index (χ3v) is 11.2. The van der Waals surface area contributed by atoms with E-state index in [2.05, 4.69) is 24.2 Å². The van der Waals surface area contributed by atoms with E-state index in [9.17, 15) is 18.7 Å². The first kappa shape index (κ1) is 23.5. The van der Waals surface area contributed by atoms with Crippen molar-refractivity contribution in [1.82, 2.24) is 15.0 Å². The number of aromatic nitrogens is 3. The summed E-state index contributed by atoms with van der Waals surface area (Å²) in [5, 5.41) is 18.6. The van der Waals surface area contributed by atoms with Gasteiger partial charge in [0.05, 0.1) is 11.1 Å². The molecule has 6 rings (SSSR count). The van der Waals surface area contributed by atoms with Crippen LogP contribution >= 0.6 is 0 Å². The molecule has 5 nitrogen and oxygen atoms in total. The van der Waals surface area contributed by atoms with Crippen LogP contribution in [0.2, 0.25) is 0 Å². The molecule has 1 heterocycles. The third-order valence-electron chi connectivity index (χ3n) is 11.2. The van der Waals surface area contributed by atoms with Crippen molar-refractivity contribution in [2.24, 2.45) is 40.4 Å². The highest BCUT2D eigenvalue weighted by molar-refractivity contribution is 5.84. The Morgan fingerprint density at radius 2 is 1.80 bits per heavy atom. The van der Waals surface area contributed by atoms with Crippen LogP contribution in [0.4, 0.5) is 8.78 Å². The molecule has 0 amide bonds. The molecule has 8 atom stereocenters. The molecule has 0 bridgehead atoms. The first-order valence-corrected chi connectivity index (χ1v) is 13.5. The molecule has 1 N–H and O–H groups in total. The van der Waals surface area contributed by atoms with Crippen LogP contribution < -0.4 is 0 Å². The van der Waals surface area contributed by atoms with E-state index in [0.29, 0.717) is 29.1 Å². The van der Waals surface area contributed by atoms with Gasteiger partial charge in [-0.2, -0.15) is 0 Å². The summed E-state index contributed by atoms with van der Waals surface area (Å²) in [6, 6.07) is 2.00. The summed E-state index contributed by atoms with van der Waals surface area (Å²) in [5.74, 6) is 1.07. The zero-order chi connectivity index (χ0) is 24.8. The van der Waals surface area contributed by atoms with Crippen LogP contribution in [0.25, 0.3) is 11.0 Å². The van der Waals surface area contributed by atoms with Gasteiger partial charge in [-0.15, -0.1) is 5.10 Å². The minimum absolute atomic E-state index is 0.00619. The van der Waals surface area contributed by atoms with Crippen LogP contribution in [0.3, 0.4) is 0 Å². The number of carbonyl (C=O) groups excluding carboxylic acids is 1. The van der Waals surface area contributed by atoms with Gasteiger partial charge in [-0.1, -0.05) is 19.1 Å². The van der Waals surface area contributed by atoms with Crippen molar-refractivity contribution < 1.29 is 18.7 Å². The van der Waals surface area contributed by atoms with E-state index in [1.807, 2.05) is 6.92 Å². The number of aliphatic hydroxyl groups is 1. The molecule has 0 aliphatic heterocycles. The Labute approximate surface area is 205 Å². The topological polar surface area (TPSA) is 68.0 Å². The lowest BCUT2D eigenvalue weighted by atomic mass is 9.44. The van der Waals surface area contributed by atoms with Crippen molar-refractivity contribution in [3.63, 3.8) is 0 Å². The third kappa shape index (κ3) is 3.51. The number of hydrogen-bond donors (Lipinski definition) is 1. The second-order valence-corrected chi connectivity index (χ2v) is 13.0. The molecular weight excluding hydrogens is 448 g/mol. The van der Waals surface area contributed by atoms with Crippen molar-refractivity contribution in [3.8, 4) is 0 Å². The van der Waals surface area contributed by atoms with Crippen molar-refractivity contribution in [2.75, 3.05) is 0 Å². The van der Waals surface area contributed by atoms with E-state index in [0.717, 1.165) is 51.0 Å². The maximum Gasteiger partial charge on any atom is 0.157 e. The average molecular weight is 486 g/mol. The molecule has 35 heavy (non-hydrogen) atoms. The van der Waals surface area contributed by atoms with Crippen molar-refractivity contribution in [2.45, 2.75) is 90.7 Å². The standard InChI is InChI=1S/C28H37F2N3O2/c1-26(35)10-11-27(2)16(14-26)4-5-18-19-6-7-21(28(19,3)9-8-20(18)27)24(34)15-33-23-13-17(29)12-22(30)25(23)31-32-33/h12-13,16,18-21,35H,4-11,14-15H2,1-3H3/t16-,18+,19+,20+,21-,26-,27+,28+/m1/s1. The van der Waals surface area contributed by atoms with Gasteiger partial charge in [0.1, 0.15) is 17.9 Å². The molecule has 0 spiro atoms. The summed E-state index contributed by atoms with van der Waals surface area (Å²) in [5.41, 5.74) is -0.0235. The van der Waals surface area contributed by atoms with E-state index in [-0.39, 0.29) is 34.7 Å². The lowest BCUT2D eigenvalue weighted by Crippen LogP contribution is -2.55. The van der Waals surface area contributed by atoms with Gasteiger partial charge in [0.15, 0.2) is 11.6 Å². The lowest BCUT2D eigenvalue weighted by Gasteiger charge is -2.61. The highest BCUT2D eigenvalue weighted by Crippen LogP contribution is 2.68. The number of rotatable bonds is 3. The van der Waals surface area contributed by atoms with E-state index < -0.39 is 17.2 Å². The Morgan fingerprint density at radius 1 is 1.03 bits per heavy atom. The summed E-state index contributed by atoms with van der Waals surface area (Å²) in [6.07, 6.45) is 9.46. The number of carbonyl (C=O) groups is 1.